The summed E-state index contributed by atoms with van der Waals surface area (Å²) in [5, 5.41) is 13.7. The van der Waals surface area contributed by atoms with Gasteiger partial charge in [0.1, 0.15) is 6.54 Å². The van der Waals surface area contributed by atoms with Gasteiger partial charge in [-0.3, -0.25) is 4.79 Å². The second-order valence-electron chi connectivity index (χ2n) is 4.23. The molecule has 0 aliphatic rings. The Morgan fingerprint density at radius 1 is 1.55 bits per heavy atom. The van der Waals surface area contributed by atoms with Gasteiger partial charge < -0.3 is 20.1 Å². The molecule has 6 nitrogen and oxygen atoms in total. The number of thiophene rings is 1. The summed E-state index contributed by atoms with van der Waals surface area (Å²) in [4.78, 5) is 25.2. The van der Waals surface area contributed by atoms with Crippen LogP contribution in [0.3, 0.4) is 0 Å². The van der Waals surface area contributed by atoms with E-state index in [1.54, 1.807) is 11.3 Å². The van der Waals surface area contributed by atoms with E-state index < -0.39 is 5.97 Å². The molecule has 0 aromatic carbocycles. The van der Waals surface area contributed by atoms with Crippen LogP contribution in [0.2, 0.25) is 0 Å². The fourth-order valence-corrected chi connectivity index (χ4v) is 2.58. The van der Waals surface area contributed by atoms with Crippen LogP contribution in [-0.4, -0.2) is 48.8 Å². The number of methoxy groups -OCH3 is 1. The molecule has 1 aromatic heterocycles. The van der Waals surface area contributed by atoms with Crippen molar-refractivity contribution < 1.29 is 19.4 Å². The number of urea groups is 1. The third kappa shape index (κ3) is 5.18. The molecule has 0 fully saturated rings. The smallest absolute Gasteiger partial charge is 0.323 e. The van der Waals surface area contributed by atoms with E-state index in [1.807, 2.05) is 24.4 Å². The van der Waals surface area contributed by atoms with E-state index in [1.165, 1.54) is 12.0 Å². The Labute approximate surface area is 122 Å². The molecular formula is C13H20N2O4S. The van der Waals surface area contributed by atoms with Crippen molar-refractivity contribution in [2.24, 2.45) is 0 Å². The maximum atomic E-state index is 12.1. The number of carbonyl (C=O) groups is 2. The molecule has 1 atom stereocenters. The van der Waals surface area contributed by atoms with Gasteiger partial charge in [-0.1, -0.05) is 13.0 Å². The number of hydrogen-bond acceptors (Lipinski definition) is 4. The van der Waals surface area contributed by atoms with Crippen LogP contribution in [0.1, 0.15) is 24.3 Å². The molecule has 0 radical (unpaired) electrons. The van der Waals surface area contributed by atoms with Crippen molar-refractivity contribution >= 4 is 23.3 Å². The molecule has 2 amide bonds. The summed E-state index contributed by atoms with van der Waals surface area (Å²) in [7, 11) is 1.51. The standard InChI is InChI=1S/C13H20N2O4S/c1-3-10(11-5-4-8-20-11)14-13(18)15(6-7-19-2)9-12(16)17/h4-5,8,10H,3,6-7,9H2,1-2H3,(H,14,18)(H,16,17). The van der Waals surface area contributed by atoms with E-state index in [0.717, 1.165) is 11.3 Å². The number of hydrogen-bond donors (Lipinski definition) is 2. The molecule has 0 saturated carbocycles. The highest BCUT2D eigenvalue weighted by molar-refractivity contribution is 7.10. The predicted octanol–water partition coefficient (Wildman–Crippen LogP) is 1.94. The zero-order chi connectivity index (χ0) is 15.0. The lowest BCUT2D eigenvalue weighted by atomic mass is 10.2. The van der Waals surface area contributed by atoms with Crippen LogP contribution in [0.25, 0.3) is 0 Å². The molecule has 1 rings (SSSR count). The normalized spacial score (nSPS) is 11.9. The highest BCUT2D eigenvalue weighted by atomic mass is 32.1. The average molecular weight is 300 g/mol. The fourth-order valence-electron chi connectivity index (χ4n) is 1.72. The van der Waals surface area contributed by atoms with Crippen molar-refractivity contribution in [3.8, 4) is 0 Å². The quantitative estimate of drug-likeness (QED) is 0.769. The largest absolute Gasteiger partial charge is 0.480 e. The monoisotopic (exact) mass is 300 g/mol. The number of aliphatic carboxylic acids is 1. The number of amides is 2. The SMILES string of the molecule is CCC(NC(=O)N(CCOC)CC(=O)O)c1cccs1. The Morgan fingerprint density at radius 2 is 2.30 bits per heavy atom. The average Bonchev–Trinajstić information content (AvgIpc) is 2.93. The van der Waals surface area contributed by atoms with E-state index in [-0.39, 0.29) is 25.2 Å². The Bertz CT molecular complexity index is 422. The first-order valence-electron chi connectivity index (χ1n) is 6.38. The molecule has 112 valence electrons. The molecule has 1 aromatic rings. The molecule has 20 heavy (non-hydrogen) atoms. The molecule has 2 N–H and O–H groups in total. The summed E-state index contributed by atoms with van der Waals surface area (Å²) >= 11 is 1.57. The summed E-state index contributed by atoms with van der Waals surface area (Å²) in [6.45, 7) is 2.18. The van der Waals surface area contributed by atoms with Crippen molar-refractivity contribution in [1.29, 1.82) is 0 Å². The van der Waals surface area contributed by atoms with Crippen molar-refractivity contribution in [2.45, 2.75) is 19.4 Å². The van der Waals surface area contributed by atoms with Crippen LogP contribution in [0.15, 0.2) is 17.5 Å². The first-order chi connectivity index (χ1) is 9.58. The number of carbonyl (C=O) groups excluding carboxylic acids is 1. The highest BCUT2D eigenvalue weighted by Crippen LogP contribution is 2.21. The van der Waals surface area contributed by atoms with Crippen LogP contribution in [0.4, 0.5) is 4.79 Å². The number of ether oxygens (including phenoxy) is 1. The van der Waals surface area contributed by atoms with Crippen LogP contribution < -0.4 is 5.32 Å². The number of carboxylic acid groups (broad SMARTS) is 1. The van der Waals surface area contributed by atoms with E-state index in [9.17, 15) is 9.59 Å². The van der Waals surface area contributed by atoms with Crippen LogP contribution in [0.5, 0.6) is 0 Å². The fraction of sp³-hybridized carbons (Fsp3) is 0.538. The lowest BCUT2D eigenvalue weighted by Gasteiger charge is -2.24. The van der Waals surface area contributed by atoms with Gasteiger partial charge in [0, 0.05) is 18.5 Å². The molecule has 0 aliphatic heterocycles. The Hall–Kier alpha value is -1.60. The van der Waals surface area contributed by atoms with Crippen LogP contribution in [0, 0.1) is 0 Å². The third-order valence-corrected chi connectivity index (χ3v) is 3.76. The number of carboxylic acids is 1. The van der Waals surface area contributed by atoms with Gasteiger partial charge in [-0.2, -0.15) is 0 Å². The molecule has 0 saturated heterocycles. The minimum Gasteiger partial charge on any atom is -0.480 e. The molecule has 0 bridgehead atoms. The van der Waals surface area contributed by atoms with Crippen molar-refractivity contribution in [3.63, 3.8) is 0 Å². The summed E-state index contributed by atoms with van der Waals surface area (Å²) in [5.74, 6) is -1.04. The van der Waals surface area contributed by atoms with E-state index in [4.69, 9.17) is 9.84 Å². The summed E-state index contributed by atoms with van der Waals surface area (Å²) < 4.78 is 4.90. The van der Waals surface area contributed by atoms with Crippen molar-refractivity contribution in [2.75, 3.05) is 26.8 Å². The maximum Gasteiger partial charge on any atom is 0.323 e. The second kappa shape index (κ2) is 8.55. The first-order valence-corrected chi connectivity index (χ1v) is 7.26. The Morgan fingerprint density at radius 3 is 2.80 bits per heavy atom. The van der Waals surface area contributed by atoms with Gasteiger partial charge in [-0.05, 0) is 17.9 Å². The highest BCUT2D eigenvalue weighted by Gasteiger charge is 2.20. The van der Waals surface area contributed by atoms with Gasteiger partial charge in [-0.25, -0.2) is 4.79 Å². The first kappa shape index (κ1) is 16.5. The molecule has 7 heteroatoms. The maximum absolute atomic E-state index is 12.1. The van der Waals surface area contributed by atoms with E-state index in [2.05, 4.69) is 5.32 Å². The molecule has 0 spiro atoms. The third-order valence-electron chi connectivity index (χ3n) is 2.77. The molecule has 1 heterocycles. The number of rotatable bonds is 8. The topological polar surface area (TPSA) is 78.9 Å². The molecular weight excluding hydrogens is 280 g/mol. The van der Waals surface area contributed by atoms with E-state index in [0.29, 0.717) is 6.61 Å². The van der Waals surface area contributed by atoms with E-state index >= 15 is 0 Å². The Balaban J connectivity index is 2.65. The van der Waals surface area contributed by atoms with Gasteiger partial charge in [0.05, 0.1) is 12.6 Å². The number of nitrogens with zero attached hydrogens (tertiary/aromatic N) is 1. The van der Waals surface area contributed by atoms with Gasteiger partial charge >= 0.3 is 12.0 Å². The summed E-state index contributed by atoms with van der Waals surface area (Å²) in [6.07, 6.45) is 0.747. The second-order valence-corrected chi connectivity index (χ2v) is 5.21. The van der Waals surface area contributed by atoms with Gasteiger partial charge in [0.15, 0.2) is 0 Å². The zero-order valence-electron chi connectivity index (χ0n) is 11.7. The van der Waals surface area contributed by atoms with Crippen molar-refractivity contribution in [3.05, 3.63) is 22.4 Å². The number of nitrogens with one attached hydrogen (secondary N) is 1. The summed E-state index contributed by atoms with van der Waals surface area (Å²) in [5.41, 5.74) is 0. The van der Waals surface area contributed by atoms with Gasteiger partial charge in [-0.15, -0.1) is 11.3 Å². The van der Waals surface area contributed by atoms with Crippen LogP contribution >= 0.6 is 11.3 Å². The summed E-state index contributed by atoms with van der Waals surface area (Å²) in [6, 6.07) is 3.40. The zero-order valence-corrected chi connectivity index (χ0v) is 12.5. The minimum atomic E-state index is -1.04. The lowest BCUT2D eigenvalue weighted by molar-refractivity contribution is -0.137. The lowest BCUT2D eigenvalue weighted by Crippen LogP contribution is -2.45. The predicted molar refractivity (Wildman–Crippen MR) is 77.0 cm³/mol. The van der Waals surface area contributed by atoms with Gasteiger partial charge in [0.25, 0.3) is 0 Å². The van der Waals surface area contributed by atoms with Crippen LogP contribution in [-0.2, 0) is 9.53 Å². The van der Waals surface area contributed by atoms with Gasteiger partial charge in [0.2, 0.25) is 0 Å². The molecule has 1 unspecified atom stereocenters. The van der Waals surface area contributed by atoms with Crippen molar-refractivity contribution in [1.82, 2.24) is 10.2 Å². The minimum absolute atomic E-state index is 0.0960. The molecule has 0 aliphatic carbocycles. The Kier molecular flexibility index (Phi) is 7.03.